The number of ether oxygens (including phenoxy) is 1. The number of fused-ring (bicyclic) bond motifs is 1. The van der Waals surface area contributed by atoms with Gasteiger partial charge in [-0.3, -0.25) is 9.59 Å². The summed E-state index contributed by atoms with van der Waals surface area (Å²) in [5, 5.41) is 11.6. The molecule has 0 spiro atoms. The summed E-state index contributed by atoms with van der Waals surface area (Å²) in [6.07, 6.45) is 0.680. The van der Waals surface area contributed by atoms with Crippen molar-refractivity contribution in [3.8, 4) is 0 Å². The average molecular weight is 434 g/mol. The number of amides is 1. The van der Waals surface area contributed by atoms with Crippen LogP contribution >= 0.6 is 0 Å². The summed E-state index contributed by atoms with van der Waals surface area (Å²) in [5.41, 5.74) is 2.39. The third-order valence-electron chi connectivity index (χ3n) is 5.55. The molecule has 1 aliphatic heterocycles. The van der Waals surface area contributed by atoms with Crippen LogP contribution < -0.4 is 0 Å². The number of furan rings is 1. The summed E-state index contributed by atoms with van der Waals surface area (Å²) in [4.78, 5) is 28.1. The molecule has 1 unspecified atom stereocenters. The first-order valence-corrected chi connectivity index (χ1v) is 10.8. The average Bonchev–Trinajstić information content (AvgIpc) is 3.30. The Morgan fingerprint density at radius 1 is 1.16 bits per heavy atom. The number of carbonyl (C=O) groups is 2. The Hall–Kier alpha value is -3.38. The quantitative estimate of drug-likeness (QED) is 0.393. The Balaban J connectivity index is 1.71. The molecule has 6 nitrogen and oxygen atoms in total. The maximum absolute atomic E-state index is 13.5. The first-order valence-electron chi connectivity index (χ1n) is 10.8. The van der Waals surface area contributed by atoms with Crippen molar-refractivity contribution in [3.05, 3.63) is 82.8 Å². The molecule has 166 valence electrons. The van der Waals surface area contributed by atoms with Crippen LogP contribution in [0.25, 0.3) is 11.0 Å². The SMILES string of the molecule is Cc1cccc(C2C(C(=O)c3cc4ccccc4o3)=C(O)C(=O)N2CCCOC(C)C)c1. The lowest BCUT2D eigenvalue weighted by molar-refractivity contribution is -0.129. The van der Waals surface area contributed by atoms with Gasteiger partial charge in [0.2, 0.25) is 5.78 Å². The van der Waals surface area contributed by atoms with E-state index in [1.54, 1.807) is 17.0 Å². The minimum absolute atomic E-state index is 0.0458. The predicted octanol–water partition coefficient (Wildman–Crippen LogP) is 5.13. The number of benzene rings is 2. The summed E-state index contributed by atoms with van der Waals surface area (Å²) in [6, 6.07) is 15.9. The van der Waals surface area contributed by atoms with E-state index in [-0.39, 0.29) is 17.4 Å². The van der Waals surface area contributed by atoms with Crippen LogP contribution in [0.15, 0.2) is 70.3 Å². The normalized spacial score (nSPS) is 16.6. The number of aliphatic hydroxyl groups excluding tert-OH is 1. The van der Waals surface area contributed by atoms with E-state index in [0.29, 0.717) is 25.2 Å². The smallest absolute Gasteiger partial charge is 0.290 e. The Morgan fingerprint density at radius 2 is 1.94 bits per heavy atom. The second kappa shape index (κ2) is 9.01. The fourth-order valence-electron chi connectivity index (χ4n) is 4.08. The predicted molar refractivity (Wildman–Crippen MR) is 122 cm³/mol. The fourth-order valence-corrected chi connectivity index (χ4v) is 4.08. The molecule has 1 aromatic heterocycles. The largest absolute Gasteiger partial charge is 0.503 e. The molecular weight excluding hydrogens is 406 g/mol. The number of aliphatic hydroxyl groups is 1. The van der Waals surface area contributed by atoms with E-state index in [1.807, 2.05) is 63.2 Å². The van der Waals surface area contributed by atoms with Crippen LogP contribution in [-0.2, 0) is 9.53 Å². The molecule has 3 aromatic rings. The van der Waals surface area contributed by atoms with Crippen molar-refractivity contribution < 1.29 is 23.8 Å². The van der Waals surface area contributed by atoms with Gasteiger partial charge in [-0.05, 0) is 44.9 Å². The van der Waals surface area contributed by atoms with Crippen molar-refractivity contribution >= 4 is 22.7 Å². The number of aryl methyl sites for hydroxylation is 1. The molecule has 0 aliphatic carbocycles. The summed E-state index contributed by atoms with van der Waals surface area (Å²) >= 11 is 0. The summed E-state index contributed by atoms with van der Waals surface area (Å²) < 4.78 is 11.4. The maximum Gasteiger partial charge on any atom is 0.290 e. The van der Waals surface area contributed by atoms with E-state index < -0.39 is 23.5 Å². The molecule has 0 fully saturated rings. The Kier molecular flexibility index (Phi) is 6.15. The zero-order chi connectivity index (χ0) is 22.8. The molecule has 0 radical (unpaired) electrons. The third-order valence-corrected chi connectivity index (χ3v) is 5.55. The van der Waals surface area contributed by atoms with E-state index in [9.17, 15) is 14.7 Å². The molecule has 2 aromatic carbocycles. The van der Waals surface area contributed by atoms with Gasteiger partial charge in [-0.25, -0.2) is 0 Å². The zero-order valence-electron chi connectivity index (χ0n) is 18.5. The molecule has 1 N–H and O–H groups in total. The standard InChI is InChI=1S/C26H27NO5/c1-16(2)31-13-7-12-27-23(19-10-6-8-17(3)14-19)22(25(29)26(27)30)24(28)21-15-18-9-4-5-11-20(18)32-21/h4-6,8-11,14-16,23,29H,7,12-13H2,1-3H3. The maximum atomic E-state index is 13.5. The third kappa shape index (κ3) is 4.18. The lowest BCUT2D eigenvalue weighted by atomic mass is 9.94. The van der Waals surface area contributed by atoms with Gasteiger partial charge in [0.15, 0.2) is 11.5 Å². The number of carbonyl (C=O) groups excluding carboxylic acids is 2. The molecule has 2 heterocycles. The molecular formula is C26H27NO5. The van der Waals surface area contributed by atoms with Crippen molar-refractivity contribution in [2.45, 2.75) is 39.3 Å². The van der Waals surface area contributed by atoms with Crippen molar-refractivity contribution in [2.24, 2.45) is 0 Å². The van der Waals surface area contributed by atoms with Crippen molar-refractivity contribution in [1.82, 2.24) is 4.90 Å². The van der Waals surface area contributed by atoms with E-state index in [1.165, 1.54) is 0 Å². The van der Waals surface area contributed by atoms with Crippen LogP contribution in [0.1, 0.15) is 48.0 Å². The Labute approximate surface area is 187 Å². The van der Waals surface area contributed by atoms with Gasteiger partial charge < -0.3 is 19.2 Å². The number of rotatable bonds is 8. The lowest BCUT2D eigenvalue weighted by Gasteiger charge is -2.27. The van der Waals surface area contributed by atoms with Crippen LogP contribution in [-0.4, -0.2) is 41.0 Å². The van der Waals surface area contributed by atoms with Crippen LogP contribution in [0.3, 0.4) is 0 Å². The van der Waals surface area contributed by atoms with Gasteiger partial charge in [0.25, 0.3) is 5.91 Å². The van der Waals surface area contributed by atoms with Gasteiger partial charge in [-0.2, -0.15) is 0 Å². The molecule has 4 rings (SSSR count). The summed E-state index contributed by atoms with van der Waals surface area (Å²) in [7, 11) is 0. The van der Waals surface area contributed by atoms with Crippen LogP contribution in [0.2, 0.25) is 0 Å². The highest BCUT2D eigenvalue weighted by molar-refractivity contribution is 6.16. The monoisotopic (exact) mass is 433 g/mol. The number of ketones is 1. The van der Waals surface area contributed by atoms with E-state index >= 15 is 0 Å². The molecule has 0 bridgehead atoms. The van der Waals surface area contributed by atoms with Gasteiger partial charge in [0, 0.05) is 18.5 Å². The van der Waals surface area contributed by atoms with Crippen LogP contribution in [0, 0.1) is 6.92 Å². The van der Waals surface area contributed by atoms with Gasteiger partial charge in [-0.15, -0.1) is 0 Å². The molecule has 1 atom stereocenters. The second-order valence-electron chi connectivity index (χ2n) is 8.33. The van der Waals surface area contributed by atoms with Crippen molar-refractivity contribution in [1.29, 1.82) is 0 Å². The van der Waals surface area contributed by atoms with Gasteiger partial charge >= 0.3 is 0 Å². The second-order valence-corrected chi connectivity index (χ2v) is 8.33. The minimum Gasteiger partial charge on any atom is -0.503 e. The highest BCUT2D eigenvalue weighted by Crippen LogP contribution is 2.39. The molecule has 6 heteroatoms. The van der Waals surface area contributed by atoms with E-state index in [0.717, 1.165) is 16.5 Å². The van der Waals surface area contributed by atoms with Gasteiger partial charge in [0.1, 0.15) is 5.58 Å². The molecule has 0 saturated carbocycles. The number of hydrogen-bond donors (Lipinski definition) is 1. The van der Waals surface area contributed by atoms with Crippen LogP contribution in [0.4, 0.5) is 0 Å². The van der Waals surface area contributed by atoms with Crippen LogP contribution in [0.5, 0.6) is 0 Å². The highest BCUT2D eigenvalue weighted by Gasteiger charge is 2.44. The molecule has 32 heavy (non-hydrogen) atoms. The van der Waals surface area contributed by atoms with E-state index in [4.69, 9.17) is 9.15 Å². The Morgan fingerprint density at radius 3 is 2.66 bits per heavy atom. The molecule has 1 aliphatic rings. The number of Topliss-reactive ketones (excluding diaryl/α,β-unsaturated/α-hetero) is 1. The minimum atomic E-state index is -0.692. The van der Waals surface area contributed by atoms with Gasteiger partial charge in [0.05, 0.1) is 17.7 Å². The summed E-state index contributed by atoms with van der Waals surface area (Å²) in [5.74, 6) is -1.46. The first-order chi connectivity index (χ1) is 15.4. The van der Waals surface area contributed by atoms with Crippen molar-refractivity contribution in [3.63, 3.8) is 0 Å². The highest BCUT2D eigenvalue weighted by atomic mass is 16.5. The Bertz CT molecular complexity index is 1160. The fraction of sp³-hybridized carbons (Fsp3) is 0.308. The molecule has 1 amide bonds. The number of hydrogen-bond acceptors (Lipinski definition) is 5. The van der Waals surface area contributed by atoms with Gasteiger partial charge in [-0.1, -0.05) is 48.0 Å². The zero-order valence-corrected chi connectivity index (χ0v) is 18.5. The number of nitrogens with zero attached hydrogens (tertiary/aromatic N) is 1. The number of para-hydroxylation sites is 1. The lowest BCUT2D eigenvalue weighted by Crippen LogP contribution is -2.32. The van der Waals surface area contributed by atoms with E-state index in [2.05, 4.69) is 0 Å². The van der Waals surface area contributed by atoms with Crippen molar-refractivity contribution in [2.75, 3.05) is 13.2 Å². The first kappa shape index (κ1) is 21.8. The molecule has 0 saturated heterocycles. The summed E-state index contributed by atoms with van der Waals surface area (Å²) in [6.45, 7) is 6.69. The topological polar surface area (TPSA) is 80.0 Å².